The molecule has 1 amide bonds. The van der Waals surface area contributed by atoms with Crippen molar-refractivity contribution in [2.75, 3.05) is 19.8 Å². The Bertz CT molecular complexity index is 142. The van der Waals surface area contributed by atoms with Crippen LogP contribution in [0.2, 0.25) is 0 Å². The zero-order valence-corrected chi connectivity index (χ0v) is 9.40. The Kier molecular flexibility index (Phi) is 13.3. The van der Waals surface area contributed by atoms with E-state index in [2.05, 4.69) is 14.6 Å². The molecule has 0 radical (unpaired) electrons. The van der Waals surface area contributed by atoms with Crippen LogP contribution < -0.4 is 11.1 Å². The molecule has 0 aromatic rings. The number of nitrogens with two attached hydrogens (primary N) is 1. The number of carbonyl (C=O) groups is 2. The summed E-state index contributed by atoms with van der Waals surface area (Å²) in [7, 11) is 2.42. The molecule has 0 rings (SSSR count). The van der Waals surface area contributed by atoms with Crippen LogP contribution in [-0.4, -0.2) is 31.9 Å². The number of nitrogens with one attached hydrogen (secondary N) is 1. The van der Waals surface area contributed by atoms with E-state index < -0.39 is 0 Å². The van der Waals surface area contributed by atoms with Crippen LogP contribution in [0.4, 0.5) is 0 Å². The van der Waals surface area contributed by atoms with Crippen LogP contribution in [0.3, 0.4) is 0 Å². The van der Waals surface area contributed by atoms with Crippen molar-refractivity contribution in [2.24, 2.45) is 11.7 Å². The minimum absolute atomic E-state index is 0.0961. The lowest BCUT2D eigenvalue weighted by Crippen LogP contribution is -2.30. The fraction of sp³-hybridized carbons (Fsp3) is 0.750. The molecule has 0 aliphatic carbocycles. The van der Waals surface area contributed by atoms with E-state index in [1.165, 1.54) is 0 Å². The normalized spacial score (nSPS) is 10.8. The van der Waals surface area contributed by atoms with Crippen molar-refractivity contribution in [2.45, 2.75) is 13.3 Å². The lowest BCUT2D eigenvalue weighted by atomic mass is 10.2. The van der Waals surface area contributed by atoms with Crippen molar-refractivity contribution >= 4 is 21.4 Å². The van der Waals surface area contributed by atoms with Crippen LogP contribution in [0.5, 0.6) is 0 Å². The fourth-order valence-corrected chi connectivity index (χ4v) is 0.542. The van der Waals surface area contributed by atoms with Crippen molar-refractivity contribution in [3.63, 3.8) is 0 Å². The van der Waals surface area contributed by atoms with E-state index in [4.69, 9.17) is 5.73 Å². The van der Waals surface area contributed by atoms with Gasteiger partial charge in [-0.05, 0) is 0 Å². The average molecular weight is 206 g/mol. The molecule has 0 saturated carbocycles. The van der Waals surface area contributed by atoms with Crippen LogP contribution in [0.25, 0.3) is 0 Å². The fourth-order valence-electron chi connectivity index (χ4n) is 0.542. The van der Waals surface area contributed by atoms with Gasteiger partial charge < -0.3 is 15.8 Å². The van der Waals surface area contributed by atoms with E-state index in [0.29, 0.717) is 19.5 Å². The lowest BCUT2D eigenvalue weighted by molar-refractivity contribution is -0.121. The Labute approximate surface area is 81.8 Å². The minimum Gasteiger partial charge on any atom is -0.355 e. The molecule has 2 unspecified atom stereocenters. The van der Waals surface area contributed by atoms with Gasteiger partial charge in [0.15, 0.2) is 0 Å². The van der Waals surface area contributed by atoms with Crippen molar-refractivity contribution < 1.29 is 9.59 Å². The summed E-state index contributed by atoms with van der Waals surface area (Å²) in [6, 6.07) is 0. The molecule has 0 heterocycles. The number of rotatable bonds is 5. The summed E-state index contributed by atoms with van der Waals surface area (Å²) in [5.41, 5.74) is 5.14. The molecular formula is C8H19N2O2P. The summed E-state index contributed by atoms with van der Waals surface area (Å²) < 4.78 is 0. The first-order valence-electron chi connectivity index (χ1n) is 4.20. The summed E-state index contributed by atoms with van der Waals surface area (Å²) in [5.74, 6) is -0.210. The Morgan fingerprint density at radius 2 is 2.15 bits per heavy atom. The van der Waals surface area contributed by atoms with E-state index >= 15 is 0 Å². The molecule has 0 spiro atoms. The second kappa shape index (κ2) is 11.5. The maximum absolute atomic E-state index is 10.8. The van der Waals surface area contributed by atoms with Gasteiger partial charge in [-0.25, -0.2) is 0 Å². The zero-order valence-electron chi connectivity index (χ0n) is 8.25. The molecule has 5 heteroatoms. The summed E-state index contributed by atoms with van der Waals surface area (Å²) in [5, 5.41) is 2.58. The third kappa shape index (κ3) is 11.5. The highest BCUT2D eigenvalue weighted by atomic mass is 31.0. The van der Waals surface area contributed by atoms with Gasteiger partial charge in [0.25, 0.3) is 0 Å². The molecule has 78 valence electrons. The predicted molar refractivity (Wildman–Crippen MR) is 57.5 cm³/mol. The Morgan fingerprint density at radius 1 is 1.62 bits per heavy atom. The van der Waals surface area contributed by atoms with Crippen molar-refractivity contribution in [3.8, 4) is 0 Å². The summed E-state index contributed by atoms with van der Waals surface area (Å²) in [6.45, 7) is 4.42. The molecule has 13 heavy (non-hydrogen) atoms. The number of carbonyl (C=O) groups excluding carboxylic acids is 2. The summed E-state index contributed by atoms with van der Waals surface area (Å²) in [4.78, 5) is 20.9. The standard InChI is InChI=1S/C7H14N2O2.CH5P/c1-6(5-10)4-9-7(11)2-3-8;1-2/h5-6H,2-4,8H2,1H3,(H,9,11);2H2,1H3. The Hall–Kier alpha value is -0.470. The molecule has 0 aliphatic rings. The zero-order chi connectivity index (χ0) is 10.7. The van der Waals surface area contributed by atoms with Gasteiger partial charge in [0.2, 0.25) is 5.91 Å². The Morgan fingerprint density at radius 3 is 2.54 bits per heavy atom. The second-order valence-electron chi connectivity index (χ2n) is 2.46. The van der Waals surface area contributed by atoms with Gasteiger partial charge in [-0.2, -0.15) is 0 Å². The first-order chi connectivity index (χ1) is 6.20. The average Bonchev–Trinajstić information content (AvgIpc) is 2.18. The second-order valence-corrected chi connectivity index (χ2v) is 2.46. The molecule has 4 nitrogen and oxygen atoms in total. The quantitative estimate of drug-likeness (QED) is 0.482. The number of hydrogen-bond donors (Lipinski definition) is 2. The van der Waals surface area contributed by atoms with Gasteiger partial charge in [0.05, 0.1) is 0 Å². The van der Waals surface area contributed by atoms with Crippen LogP contribution in [0.15, 0.2) is 0 Å². The number of amides is 1. The van der Waals surface area contributed by atoms with Gasteiger partial charge in [-0.1, -0.05) is 13.6 Å². The topological polar surface area (TPSA) is 72.2 Å². The van der Waals surface area contributed by atoms with Crippen LogP contribution in [0, 0.1) is 5.92 Å². The van der Waals surface area contributed by atoms with Crippen molar-refractivity contribution in [3.05, 3.63) is 0 Å². The van der Waals surface area contributed by atoms with Crippen LogP contribution in [0.1, 0.15) is 13.3 Å². The van der Waals surface area contributed by atoms with Gasteiger partial charge in [0.1, 0.15) is 6.29 Å². The van der Waals surface area contributed by atoms with E-state index in [0.717, 1.165) is 6.29 Å². The number of aldehydes is 1. The maximum atomic E-state index is 10.8. The maximum Gasteiger partial charge on any atom is 0.221 e. The van der Waals surface area contributed by atoms with Gasteiger partial charge in [-0.15, -0.1) is 9.24 Å². The van der Waals surface area contributed by atoms with E-state index in [1.807, 2.05) is 6.66 Å². The molecule has 0 aromatic heterocycles. The Balaban J connectivity index is 0. The first kappa shape index (κ1) is 15.0. The van der Waals surface area contributed by atoms with Crippen LogP contribution >= 0.6 is 9.24 Å². The first-order valence-corrected chi connectivity index (χ1v) is 5.36. The van der Waals surface area contributed by atoms with Gasteiger partial charge >= 0.3 is 0 Å². The molecule has 2 atom stereocenters. The highest BCUT2D eigenvalue weighted by Crippen LogP contribution is 1.85. The largest absolute Gasteiger partial charge is 0.355 e. The number of hydrogen-bond acceptors (Lipinski definition) is 3. The summed E-state index contributed by atoms with van der Waals surface area (Å²) in [6.07, 6.45) is 1.13. The van der Waals surface area contributed by atoms with Crippen molar-refractivity contribution in [1.82, 2.24) is 5.32 Å². The highest BCUT2D eigenvalue weighted by Gasteiger charge is 2.02. The molecule has 0 bridgehead atoms. The molecular weight excluding hydrogens is 187 g/mol. The molecule has 0 aromatic carbocycles. The van der Waals surface area contributed by atoms with Crippen molar-refractivity contribution in [1.29, 1.82) is 0 Å². The van der Waals surface area contributed by atoms with Crippen LogP contribution in [-0.2, 0) is 9.59 Å². The smallest absolute Gasteiger partial charge is 0.221 e. The molecule has 0 fully saturated rings. The van der Waals surface area contributed by atoms with E-state index in [-0.39, 0.29) is 11.8 Å². The minimum atomic E-state index is -0.114. The van der Waals surface area contributed by atoms with Gasteiger partial charge in [-0.3, -0.25) is 4.79 Å². The molecule has 3 N–H and O–H groups in total. The van der Waals surface area contributed by atoms with E-state index in [9.17, 15) is 9.59 Å². The highest BCUT2D eigenvalue weighted by molar-refractivity contribution is 7.15. The monoisotopic (exact) mass is 206 g/mol. The van der Waals surface area contributed by atoms with E-state index in [1.54, 1.807) is 6.92 Å². The molecule has 0 saturated heterocycles. The molecule has 0 aliphatic heterocycles. The SMILES string of the molecule is CC(C=O)CNC(=O)CCN.CP. The summed E-state index contributed by atoms with van der Waals surface area (Å²) >= 11 is 0. The third-order valence-electron chi connectivity index (χ3n) is 1.22. The lowest BCUT2D eigenvalue weighted by Gasteiger charge is -2.04. The predicted octanol–water partition coefficient (Wildman–Crippen LogP) is -0.222. The third-order valence-corrected chi connectivity index (χ3v) is 1.22. The van der Waals surface area contributed by atoms with Gasteiger partial charge in [0, 0.05) is 25.4 Å².